The smallest absolute Gasteiger partial charge is 0.228 e. The van der Waals surface area contributed by atoms with Crippen LogP contribution in [0.5, 0.6) is 5.88 Å². The van der Waals surface area contributed by atoms with Crippen LogP contribution >= 0.6 is 0 Å². The Morgan fingerprint density at radius 2 is 2.40 bits per heavy atom. The third-order valence-electron chi connectivity index (χ3n) is 3.20. The van der Waals surface area contributed by atoms with Crippen LogP contribution in [0, 0.1) is 0 Å². The SMILES string of the molecule is COc1ccnc(N2CCOC(Cn3cccn3)C2)n1. The highest BCUT2D eigenvalue weighted by Crippen LogP contribution is 2.16. The van der Waals surface area contributed by atoms with Gasteiger partial charge in [-0.15, -0.1) is 0 Å². The van der Waals surface area contributed by atoms with E-state index in [1.54, 1.807) is 25.6 Å². The number of rotatable bonds is 4. The number of anilines is 1. The van der Waals surface area contributed by atoms with E-state index in [2.05, 4.69) is 20.0 Å². The van der Waals surface area contributed by atoms with Crippen molar-refractivity contribution in [1.29, 1.82) is 0 Å². The van der Waals surface area contributed by atoms with E-state index < -0.39 is 0 Å². The minimum Gasteiger partial charge on any atom is -0.481 e. The average Bonchev–Trinajstić information content (AvgIpc) is 3.00. The molecule has 1 fully saturated rings. The molecule has 1 atom stereocenters. The Morgan fingerprint density at radius 3 is 3.20 bits per heavy atom. The predicted molar refractivity (Wildman–Crippen MR) is 72.8 cm³/mol. The van der Waals surface area contributed by atoms with Gasteiger partial charge in [0, 0.05) is 37.7 Å². The zero-order valence-corrected chi connectivity index (χ0v) is 11.3. The number of methoxy groups -OCH3 is 1. The van der Waals surface area contributed by atoms with E-state index in [0.29, 0.717) is 18.4 Å². The summed E-state index contributed by atoms with van der Waals surface area (Å²) in [7, 11) is 1.60. The first-order valence-electron chi connectivity index (χ1n) is 6.56. The molecule has 2 aromatic heterocycles. The third-order valence-corrected chi connectivity index (χ3v) is 3.20. The van der Waals surface area contributed by atoms with Crippen LogP contribution in [0.15, 0.2) is 30.7 Å². The molecule has 0 amide bonds. The molecule has 0 saturated carbocycles. The normalized spacial score (nSPS) is 19.1. The van der Waals surface area contributed by atoms with Crippen LogP contribution < -0.4 is 9.64 Å². The maximum atomic E-state index is 5.77. The Kier molecular flexibility index (Phi) is 3.78. The second-order valence-corrected chi connectivity index (χ2v) is 4.57. The van der Waals surface area contributed by atoms with Crippen molar-refractivity contribution < 1.29 is 9.47 Å². The highest BCUT2D eigenvalue weighted by atomic mass is 16.5. The summed E-state index contributed by atoms with van der Waals surface area (Å²) in [4.78, 5) is 10.8. The number of hydrogen-bond acceptors (Lipinski definition) is 6. The van der Waals surface area contributed by atoms with Gasteiger partial charge in [0.15, 0.2) is 0 Å². The van der Waals surface area contributed by atoms with Gasteiger partial charge in [0.25, 0.3) is 0 Å². The lowest BCUT2D eigenvalue weighted by Gasteiger charge is -2.32. The van der Waals surface area contributed by atoms with Crippen LogP contribution in [0.25, 0.3) is 0 Å². The van der Waals surface area contributed by atoms with Crippen LogP contribution in [-0.2, 0) is 11.3 Å². The summed E-state index contributed by atoms with van der Waals surface area (Å²) in [6.45, 7) is 2.91. The monoisotopic (exact) mass is 275 g/mol. The topological polar surface area (TPSA) is 65.3 Å². The van der Waals surface area contributed by atoms with Gasteiger partial charge in [-0.1, -0.05) is 0 Å². The van der Waals surface area contributed by atoms with Crippen LogP contribution in [0.2, 0.25) is 0 Å². The molecule has 106 valence electrons. The molecule has 7 heteroatoms. The molecule has 0 aromatic carbocycles. The summed E-state index contributed by atoms with van der Waals surface area (Å²) in [5, 5.41) is 4.20. The quantitative estimate of drug-likeness (QED) is 0.813. The van der Waals surface area contributed by atoms with Gasteiger partial charge in [-0.25, -0.2) is 4.98 Å². The standard InChI is InChI=1S/C13H17N5O2/c1-19-12-3-5-14-13(16-12)17-7-8-20-11(9-17)10-18-6-2-4-15-18/h2-6,11H,7-10H2,1H3. The Morgan fingerprint density at radius 1 is 1.45 bits per heavy atom. The van der Waals surface area contributed by atoms with Crippen molar-refractivity contribution >= 4 is 5.95 Å². The molecule has 1 unspecified atom stereocenters. The molecule has 1 saturated heterocycles. The molecular formula is C13H17N5O2. The van der Waals surface area contributed by atoms with Crippen LogP contribution in [0.3, 0.4) is 0 Å². The second kappa shape index (κ2) is 5.87. The fourth-order valence-corrected chi connectivity index (χ4v) is 2.23. The summed E-state index contributed by atoms with van der Waals surface area (Å²) < 4.78 is 12.8. The average molecular weight is 275 g/mol. The zero-order chi connectivity index (χ0) is 13.8. The molecule has 3 rings (SSSR count). The minimum atomic E-state index is 0.0819. The van der Waals surface area contributed by atoms with E-state index in [1.807, 2.05) is 16.9 Å². The molecule has 3 heterocycles. The molecular weight excluding hydrogens is 258 g/mol. The molecule has 7 nitrogen and oxygen atoms in total. The molecule has 1 aliphatic heterocycles. The van der Waals surface area contributed by atoms with E-state index in [0.717, 1.165) is 19.6 Å². The van der Waals surface area contributed by atoms with Gasteiger partial charge in [-0.3, -0.25) is 4.68 Å². The van der Waals surface area contributed by atoms with Crippen molar-refractivity contribution in [2.75, 3.05) is 31.7 Å². The second-order valence-electron chi connectivity index (χ2n) is 4.57. The molecule has 20 heavy (non-hydrogen) atoms. The van der Waals surface area contributed by atoms with Gasteiger partial charge in [0.05, 0.1) is 26.4 Å². The van der Waals surface area contributed by atoms with Crippen molar-refractivity contribution in [3.63, 3.8) is 0 Å². The van der Waals surface area contributed by atoms with Gasteiger partial charge >= 0.3 is 0 Å². The Labute approximate surface area is 117 Å². The zero-order valence-electron chi connectivity index (χ0n) is 11.3. The van der Waals surface area contributed by atoms with Crippen LogP contribution in [-0.4, -0.2) is 52.7 Å². The first-order chi connectivity index (χ1) is 9.85. The number of nitrogens with zero attached hydrogens (tertiary/aromatic N) is 5. The van der Waals surface area contributed by atoms with Gasteiger partial charge in [-0.05, 0) is 6.07 Å². The molecule has 0 N–H and O–H groups in total. The van der Waals surface area contributed by atoms with Gasteiger partial charge < -0.3 is 14.4 Å². The van der Waals surface area contributed by atoms with Crippen molar-refractivity contribution in [3.8, 4) is 5.88 Å². The largest absolute Gasteiger partial charge is 0.481 e. The van der Waals surface area contributed by atoms with Crippen molar-refractivity contribution in [3.05, 3.63) is 30.7 Å². The molecule has 0 radical (unpaired) electrons. The lowest BCUT2D eigenvalue weighted by atomic mass is 10.3. The number of aromatic nitrogens is 4. The van der Waals surface area contributed by atoms with Crippen molar-refractivity contribution in [1.82, 2.24) is 19.7 Å². The van der Waals surface area contributed by atoms with E-state index in [-0.39, 0.29) is 6.10 Å². The number of hydrogen-bond donors (Lipinski definition) is 0. The molecule has 2 aromatic rings. The fraction of sp³-hybridized carbons (Fsp3) is 0.462. The number of morpholine rings is 1. The van der Waals surface area contributed by atoms with Crippen LogP contribution in [0.1, 0.15) is 0 Å². The lowest BCUT2D eigenvalue weighted by Crippen LogP contribution is -2.45. The van der Waals surface area contributed by atoms with Crippen molar-refractivity contribution in [2.45, 2.75) is 12.6 Å². The van der Waals surface area contributed by atoms with Gasteiger partial charge in [0.1, 0.15) is 0 Å². The minimum absolute atomic E-state index is 0.0819. The molecule has 0 spiro atoms. The predicted octanol–water partition coefficient (Wildman–Crippen LogP) is 0.587. The highest BCUT2D eigenvalue weighted by Gasteiger charge is 2.23. The maximum absolute atomic E-state index is 5.77. The molecule has 1 aliphatic rings. The maximum Gasteiger partial charge on any atom is 0.228 e. The first-order valence-corrected chi connectivity index (χ1v) is 6.56. The molecule has 0 bridgehead atoms. The van der Waals surface area contributed by atoms with Crippen LogP contribution in [0.4, 0.5) is 5.95 Å². The summed E-state index contributed by atoms with van der Waals surface area (Å²) in [6.07, 6.45) is 5.49. The molecule has 0 aliphatic carbocycles. The summed E-state index contributed by atoms with van der Waals surface area (Å²) >= 11 is 0. The Bertz CT molecular complexity index is 545. The summed E-state index contributed by atoms with van der Waals surface area (Å²) in [5.74, 6) is 1.25. The highest BCUT2D eigenvalue weighted by molar-refractivity contribution is 5.32. The Balaban J connectivity index is 1.68. The van der Waals surface area contributed by atoms with Crippen molar-refractivity contribution in [2.24, 2.45) is 0 Å². The van der Waals surface area contributed by atoms with E-state index in [1.165, 1.54) is 0 Å². The number of ether oxygens (including phenoxy) is 2. The van der Waals surface area contributed by atoms with Gasteiger partial charge in [0.2, 0.25) is 11.8 Å². The Hall–Kier alpha value is -2.15. The van der Waals surface area contributed by atoms with E-state index in [4.69, 9.17) is 9.47 Å². The third kappa shape index (κ3) is 2.88. The first kappa shape index (κ1) is 12.9. The summed E-state index contributed by atoms with van der Waals surface area (Å²) in [5.41, 5.74) is 0. The van der Waals surface area contributed by atoms with E-state index in [9.17, 15) is 0 Å². The summed E-state index contributed by atoms with van der Waals surface area (Å²) in [6, 6.07) is 3.65. The van der Waals surface area contributed by atoms with E-state index >= 15 is 0 Å². The lowest BCUT2D eigenvalue weighted by molar-refractivity contribution is 0.0269. The van der Waals surface area contributed by atoms with Gasteiger partial charge in [-0.2, -0.15) is 10.1 Å². The fourth-order valence-electron chi connectivity index (χ4n) is 2.23.